The van der Waals surface area contributed by atoms with E-state index in [1.165, 1.54) is 6.08 Å². The van der Waals surface area contributed by atoms with Gasteiger partial charge in [-0.25, -0.2) is 0 Å². The van der Waals surface area contributed by atoms with Crippen molar-refractivity contribution in [3.63, 3.8) is 0 Å². The molecule has 0 amide bonds. The Hall–Kier alpha value is -2.91. The zero-order chi connectivity index (χ0) is 25.1. The van der Waals surface area contributed by atoms with E-state index in [9.17, 15) is 18.4 Å². The molecule has 1 aliphatic heterocycles. The van der Waals surface area contributed by atoms with Crippen molar-refractivity contribution in [1.29, 1.82) is 5.26 Å². The predicted molar refractivity (Wildman–Crippen MR) is 128 cm³/mol. The van der Waals surface area contributed by atoms with Gasteiger partial charge in [-0.3, -0.25) is 0 Å². The molecular weight excluding hydrogens is 461 g/mol. The second-order valence-electron chi connectivity index (χ2n) is 9.45. The SMILES string of the molecule is CC(C(Cc1ccc(Cl)cc1)c1cccc(C#N)c1)N1CC(C(F)(F)F)=CC=C1OC(C)(C)C. The first-order valence-corrected chi connectivity index (χ1v) is 11.4. The van der Waals surface area contributed by atoms with Crippen LogP contribution in [0.4, 0.5) is 13.2 Å². The number of nitriles is 1. The van der Waals surface area contributed by atoms with Crippen LogP contribution in [0.3, 0.4) is 0 Å². The Balaban J connectivity index is 2.04. The third-order valence-corrected chi connectivity index (χ3v) is 5.96. The molecule has 0 saturated heterocycles. The predicted octanol–water partition coefficient (Wildman–Crippen LogP) is 7.39. The number of rotatable bonds is 6. The van der Waals surface area contributed by atoms with Gasteiger partial charge in [0.15, 0.2) is 5.88 Å². The lowest BCUT2D eigenvalue weighted by Crippen LogP contribution is -2.44. The van der Waals surface area contributed by atoms with Crippen molar-refractivity contribution >= 4 is 11.6 Å². The Morgan fingerprint density at radius 3 is 2.35 bits per heavy atom. The molecule has 0 radical (unpaired) electrons. The summed E-state index contributed by atoms with van der Waals surface area (Å²) in [5, 5.41) is 10.0. The minimum absolute atomic E-state index is 0.214. The van der Waals surface area contributed by atoms with Crippen LogP contribution in [0.15, 0.2) is 72.1 Å². The van der Waals surface area contributed by atoms with E-state index in [4.69, 9.17) is 16.3 Å². The first-order chi connectivity index (χ1) is 15.9. The summed E-state index contributed by atoms with van der Waals surface area (Å²) in [5.74, 6) is 0.180. The number of hydrogen-bond donors (Lipinski definition) is 0. The molecular formula is C27H28ClF3N2O. The van der Waals surface area contributed by atoms with Crippen LogP contribution >= 0.6 is 11.6 Å². The smallest absolute Gasteiger partial charge is 0.414 e. The first kappa shape index (κ1) is 25.7. The van der Waals surface area contributed by atoms with Crippen LogP contribution in [-0.4, -0.2) is 29.3 Å². The maximum atomic E-state index is 13.6. The van der Waals surface area contributed by atoms with Gasteiger partial charge in [-0.15, -0.1) is 0 Å². The van der Waals surface area contributed by atoms with Crippen LogP contribution in [0.1, 0.15) is 50.3 Å². The molecule has 2 unspecified atom stereocenters. The summed E-state index contributed by atoms with van der Waals surface area (Å²) in [4.78, 5) is 1.67. The molecule has 2 aromatic rings. The normalized spacial score (nSPS) is 16.3. The van der Waals surface area contributed by atoms with Crippen molar-refractivity contribution < 1.29 is 17.9 Å². The van der Waals surface area contributed by atoms with Crippen molar-refractivity contribution in [2.24, 2.45) is 0 Å². The van der Waals surface area contributed by atoms with Crippen molar-refractivity contribution in [2.45, 2.75) is 57.9 Å². The van der Waals surface area contributed by atoms with Gasteiger partial charge >= 0.3 is 6.18 Å². The van der Waals surface area contributed by atoms with E-state index in [1.807, 2.05) is 45.9 Å². The molecule has 3 rings (SSSR count). The summed E-state index contributed by atoms with van der Waals surface area (Å²) in [5.41, 5.74) is 1.16. The Labute approximate surface area is 204 Å². The van der Waals surface area contributed by atoms with Gasteiger partial charge in [0.2, 0.25) is 0 Å². The Morgan fingerprint density at radius 2 is 1.76 bits per heavy atom. The van der Waals surface area contributed by atoms with Crippen LogP contribution < -0.4 is 0 Å². The number of benzene rings is 2. The minimum atomic E-state index is -4.44. The standard InChI is InChI=1S/C27H28ClF3N2O/c1-18(33-17-22(27(29,30)31)10-13-25(33)34-26(2,3)4)24(15-19-8-11-23(28)12-9-19)21-7-5-6-20(14-21)16-32/h5-14,18,24H,15,17H2,1-4H3. The highest BCUT2D eigenvalue weighted by atomic mass is 35.5. The highest BCUT2D eigenvalue weighted by molar-refractivity contribution is 6.30. The zero-order valence-electron chi connectivity index (χ0n) is 19.7. The molecule has 2 aromatic carbocycles. The summed E-state index contributed by atoms with van der Waals surface area (Å²) >= 11 is 6.05. The average Bonchev–Trinajstić information content (AvgIpc) is 2.76. The van der Waals surface area contributed by atoms with Gasteiger partial charge in [-0.1, -0.05) is 35.9 Å². The quantitative estimate of drug-likeness (QED) is 0.425. The van der Waals surface area contributed by atoms with Crippen LogP contribution in [0.5, 0.6) is 0 Å². The molecule has 0 saturated carbocycles. The average molecular weight is 489 g/mol. The third-order valence-electron chi connectivity index (χ3n) is 5.71. The monoisotopic (exact) mass is 488 g/mol. The number of allylic oxidation sites excluding steroid dienone is 2. The summed E-state index contributed by atoms with van der Waals surface area (Å²) in [6.07, 6.45) is -1.39. The highest BCUT2D eigenvalue weighted by Gasteiger charge is 2.39. The van der Waals surface area contributed by atoms with Gasteiger partial charge in [-0.05, 0) is 81.7 Å². The lowest BCUT2D eigenvalue weighted by molar-refractivity contribution is -0.0996. The van der Waals surface area contributed by atoms with Gasteiger partial charge in [0.05, 0.1) is 23.8 Å². The largest absolute Gasteiger partial charge is 0.473 e. The zero-order valence-corrected chi connectivity index (χ0v) is 20.4. The van der Waals surface area contributed by atoms with Crippen LogP contribution in [0.25, 0.3) is 0 Å². The maximum absolute atomic E-state index is 13.6. The lowest BCUT2D eigenvalue weighted by Gasteiger charge is -2.41. The Morgan fingerprint density at radius 1 is 1.09 bits per heavy atom. The number of ether oxygens (including phenoxy) is 1. The van der Waals surface area contributed by atoms with Crippen molar-refractivity contribution in [3.8, 4) is 6.07 Å². The molecule has 2 atom stereocenters. The fraction of sp³-hybridized carbons (Fsp3) is 0.370. The van der Waals surface area contributed by atoms with Crippen LogP contribution in [0.2, 0.25) is 5.02 Å². The first-order valence-electron chi connectivity index (χ1n) is 11.1. The summed E-state index contributed by atoms with van der Waals surface area (Å²) in [6.45, 7) is 7.17. The van der Waals surface area contributed by atoms with Crippen molar-refractivity contribution in [2.75, 3.05) is 6.54 Å². The third kappa shape index (κ3) is 6.57. The Bertz CT molecular complexity index is 1110. The van der Waals surface area contributed by atoms with E-state index in [-0.39, 0.29) is 18.5 Å². The van der Waals surface area contributed by atoms with Gasteiger partial charge in [0.1, 0.15) is 5.60 Å². The van der Waals surface area contributed by atoms with E-state index in [2.05, 4.69) is 6.07 Å². The summed E-state index contributed by atoms with van der Waals surface area (Å²) in [7, 11) is 0. The number of alkyl halides is 3. The van der Waals surface area contributed by atoms with E-state index in [0.29, 0.717) is 22.9 Å². The second-order valence-corrected chi connectivity index (χ2v) is 9.89. The molecule has 0 aromatic heterocycles. The van der Waals surface area contributed by atoms with E-state index >= 15 is 0 Å². The summed E-state index contributed by atoms with van der Waals surface area (Å²) < 4.78 is 47.0. The topological polar surface area (TPSA) is 36.3 Å². The van der Waals surface area contributed by atoms with Gasteiger partial charge in [0.25, 0.3) is 0 Å². The van der Waals surface area contributed by atoms with Crippen molar-refractivity contribution in [1.82, 2.24) is 4.90 Å². The molecule has 7 heteroatoms. The van der Waals surface area contributed by atoms with Gasteiger partial charge < -0.3 is 9.64 Å². The molecule has 0 bridgehead atoms. The molecule has 0 N–H and O–H groups in total. The van der Waals surface area contributed by atoms with Gasteiger partial charge in [-0.2, -0.15) is 18.4 Å². The molecule has 3 nitrogen and oxygen atoms in total. The molecule has 0 spiro atoms. The summed E-state index contributed by atoms with van der Waals surface area (Å²) in [6, 6.07) is 16.4. The van der Waals surface area contributed by atoms with Crippen molar-refractivity contribution in [3.05, 3.63) is 93.9 Å². The second kappa shape index (κ2) is 10.1. The molecule has 1 aliphatic rings. The molecule has 0 aliphatic carbocycles. The van der Waals surface area contributed by atoms with E-state index in [0.717, 1.165) is 17.2 Å². The number of hydrogen-bond acceptors (Lipinski definition) is 3. The highest BCUT2D eigenvalue weighted by Crippen LogP contribution is 2.37. The fourth-order valence-electron chi connectivity index (χ4n) is 4.01. The van der Waals surface area contributed by atoms with Gasteiger partial charge in [0, 0.05) is 17.0 Å². The number of halogens is 4. The maximum Gasteiger partial charge on any atom is 0.414 e. The minimum Gasteiger partial charge on any atom is -0.473 e. The molecule has 1 heterocycles. The van der Waals surface area contributed by atoms with E-state index < -0.39 is 17.4 Å². The lowest BCUT2D eigenvalue weighted by atomic mass is 9.84. The molecule has 0 fully saturated rings. The van der Waals surface area contributed by atoms with Crippen LogP contribution in [-0.2, 0) is 11.2 Å². The fourth-order valence-corrected chi connectivity index (χ4v) is 4.14. The van der Waals surface area contributed by atoms with E-state index in [1.54, 1.807) is 35.2 Å². The number of nitrogens with zero attached hydrogens (tertiary/aromatic N) is 2. The molecule has 34 heavy (non-hydrogen) atoms. The Kier molecular flexibility index (Phi) is 7.67. The van der Waals surface area contributed by atoms with Crippen LogP contribution in [0, 0.1) is 11.3 Å². The molecule has 180 valence electrons.